The van der Waals surface area contributed by atoms with Crippen LogP contribution < -0.4 is 0 Å². The van der Waals surface area contributed by atoms with Gasteiger partial charge in [0.25, 0.3) is 0 Å². The van der Waals surface area contributed by atoms with E-state index >= 15 is 0 Å². The van der Waals surface area contributed by atoms with E-state index in [1.54, 1.807) is 0 Å². The van der Waals surface area contributed by atoms with Crippen molar-refractivity contribution >= 4 is 44.3 Å². The lowest BCUT2D eigenvalue weighted by Gasteiger charge is -2.10. The lowest BCUT2D eigenvalue weighted by molar-refractivity contribution is 0.319. The average molecular weight is 504 g/mol. The van der Waals surface area contributed by atoms with Crippen LogP contribution in [0, 0.1) is 0 Å². The summed E-state index contributed by atoms with van der Waals surface area (Å²) in [4.78, 5) is 3.32. The number of para-hydroxylation sites is 2. The number of oxime groups is 1. The number of nitrogens with one attached hydrogen (secondary N) is 1. The van der Waals surface area contributed by atoms with Crippen molar-refractivity contribution in [2.75, 3.05) is 5.75 Å². The second kappa shape index (κ2) is 9.02. The lowest BCUT2D eigenvalue weighted by Crippen LogP contribution is -2.06. The molecule has 0 fully saturated rings. The maximum atomic E-state index is 9.60. The van der Waals surface area contributed by atoms with Crippen LogP contribution in [-0.4, -0.2) is 36.4 Å². The van der Waals surface area contributed by atoms with Crippen LogP contribution in [0.25, 0.3) is 28.0 Å². The van der Waals surface area contributed by atoms with E-state index in [9.17, 15) is 5.21 Å². The lowest BCUT2D eigenvalue weighted by atomic mass is 10.1. The largest absolute Gasteiger partial charge is 0.411 e. The van der Waals surface area contributed by atoms with Crippen molar-refractivity contribution in [3.05, 3.63) is 95.1 Å². The number of H-pyrrole nitrogens is 1. The molecule has 3 aromatic carbocycles. The molecule has 5 aromatic rings. The van der Waals surface area contributed by atoms with E-state index in [1.807, 2.05) is 83.6 Å². The van der Waals surface area contributed by atoms with Crippen LogP contribution in [0.3, 0.4) is 0 Å². The number of nitrogens with zero attached hydrogens (tertiary/aromatic N) is 4. The molecule has 0 aliphatic carbocycles. The molecule has 158 valence electrons. The van der Waals surface area contributed by atoms with Crippen molar-refractivity contribution < 1.29 is 5.21 Å². The standard InChI is InChI=1S/C24H18BrN5OS/c25-17-12-10-16(11-13-17)22(29-31)15-32-24-28-27-23(30(24)18-6-2-1-3-7-18)20-14-26-21-9-5-4-8-19(20)21/h1-14,26,31H,15H2/b29-22+. The van der Waals surface area contributed by atoms with Gasteiger partial charge >= 0.3 is 0 Å². The summed E-state index contributed by atoms with van der Waals surface area (Å²) in [6.45, 7) is 0. The minimum Gasteiger partial charge on any atom is -0.411 e. The molecule has 5 rings (SSSR count). The van der Waals surface area contributed by atoms with Crippen LogP contribution in [0.5, 0.6) is 0 Å². The highest BCUT2D eigenvalue weighted by Crippen LogP contribution is 2.32. The molecule has 0 atom stereocenters. The number of aromatic amines is 1. The molecule has 2 aromatic heterocycles. The Morgan fingerprint density at radius 2 is 1.72 bits per heavy atom. The summed E-state index contributed by atoms with van der Waals surface area (Å²) in [5, 5.41) is 23.9. The molecule has 32 heavy (non-hydrogen) atoms. The number of fused-ring (bicyclic) bond motifs is 1. The van der Waals surface area contributed by atoms with Gasteiger partial charge in [0.15, 0.2) is 11.0 Å². The Kier molecular flexibility index (Phi) is 5.79. The first-order valence-electron chi connectivity index (χ1n) is 9.91. The van der Waals surface area contributed by atoms with Gasteiger partial charge in [-0.25, -0.2) is 0 Å². The molecule has 8 heteroatoms. The third kappa shape index (κ3) is 3.94. The first-order chi connectivity index (χ1) is 15.7. The Hall–Kier alpha value is -3.36. The fraction of sp³-hybridized carbons (Fsp3) is 0.0417. The third-order valence-corrected chi connectivity index (χ3v) is 6.58. The van der Waals surface area contributed by atoms with Crippen LogP contribution in [-0.2, 0) is 0 Å². The normalized spacial score (nSPS) is 11.8. The number of aromatic nitrogens is 4. The smallest absolute Gasteiger partial charge is 0.196 e. The minimum atomic E-state index is 0.441. The number of thioether (sulfide) groups is 1. The summed E-state index contributed by atoms with van der Waals surface area (Å²) in [5.74, 6) is 1.19. The third-order valence-electron chi connectivity index (χ3n) is 5.11. The topological polar surface area (TPSA) is 79.1 Å². The van der Waals surface area contributed by atoms with Crippen molar-refractivity contribution in [1.29, 1.82) is 0 Å². The average Bonchev–Trinajstić information content (AvgIpc) is 3.45. The molecular formula is C24H18BrN5OS. The van der Waals surface area contributed by atoms with Crippen LogP contribution in [0.2, 0.25) is 0 Å². The van der Waals surface area contributed by atoms with Crippen molar-refractivity contribution in [3.63, 3.8) is 0 Å². The SMILES string of the molecule is O/N=C(\CSc1nnc(-c2c[nH]c3ccccc23)n1-c1ccccc1)c1ccc(Br)cc1. The van der Waals surface area contributed by atoms with Gasteiger partial charge in [0.1, 0.15) is 0 Å². The number of rotatable bonds is 6. The fourth-order valence-electron chi connectivity index (χ4n) is 3.55. The van der Waals surface area contributed by atoms with Gasteiger partial charge in [-0.2, -0.15) is 0 Å². The fourth-order valence-corrected chi connectivity index (χ4v) is 4.72. The number of benzene rings is 3. The van der Waals surface area contributed by atoms with Gasteiger partial charge in [-0.05, 0) is 30.3 Å². The van der Waals surface area contributed by atoms with Crippen LogP contribution in [0.1, 0.15) is 5.56 Å². The zero-order chi connectivity index (χ0) is 21.9. The highest BCUT2D eigenvalue weighted by molar-refractivity contribution is 9.10. The van der Waals surface area contributed by atoms with E-state index < -0.39 is 0 Å². The van der Waals surface area contributed by atoms with Crippen LogP contribution in [0.15, 0.2) is 99.8 Å². The maximum absolute atomic E-state index is 9.60. The van der Waals surface area contributed by atoms with E-state index in [4.69, 9.17) is 0 Å². The van der Waals surface area contributed by atoms with Crippen molar-refractivity contribution in [2.24, 2.45) is 5.16 Å². The Labute approximate surface area is 197 Å². The Morgan fingerprint density at radius 1 is 0.969 bits per heavy atom. The molecule has 0 unspecified atom stereocenters. The van der Waals surface area contributed by atoms with Crippen molar-refractivity contribution in [2.45, 2.75) is 5.16 Å². The Balaban J connectivity index is 1.54. The Bertz CT molecular complexity index is 1390. The number of hydrogen-bond acceptors (Lipinski definition) is 5. The molecule has 0 saturated carbocycles. The van der Waals surface area contributed by atoms with E-state index in [-0.39, 0.29) is 0 Å². The first-order valence-corrected chi connectivity index (χ1v) is 11.7. The molecule has 0 bridgehead atoms. The summed E-state index contributed by atoms with van der Waals surface area (Å²) >= 11 is 4.91. The highest BCUT2D eigenvalue weighted by Gasteiger charge is 2.19. The second-order valence-corrected chi connectivity index (χ2v) is 8.93. The van der Waals surface area contributed by atoms with E-state index in [2.05, 4.69) is 42.3 Å². The van der Waals surface area contributed by atoms with Gasteiger partial charge in [-0.1, -0.05) is 81.4 Å². The molecule has 0 aliphatic heterocycles. The molecule has 0 saturated heterocycles. The first kappa shape index (κ1) is 20.5. The van der Waals surface area contributed by atoms with Gasteiger partial charge in [0.2, 0.25) is 0 Å². The van der Waals surface area contributed by atoms with E-state index in [1.165, 1.54) is 11.8 Å². The predicted octanol–water partition coefficient (Wildman–Crippen LogP) is 6.15. The van der Waals surface area contributed by atoms with Gasteiger partial charge in [-0.15, -0.1) is 10.2 Å². The summed E-state index contributed by atoms with van der Waals surface area (Å²) in [5.41, 5.74) is 4.41. The van der Waals surface area contributed by atoms with Crippen LogP contribution in [0.4, 0.5) is 0 Å². The molecule has 6 nitrogen and oxygen atoms in total. The zero-order valence-corrected chi connectivity index (χ0v) is 19.2. The second-order valence-electron chi connectivity index (χ2n) is 7.07. The number of halogens is 1. The Morgan fingerprint density at radius 3 is 2.50 bits per heavy atom. The van der Waals surface area contributed by atoms with Gasteiger partial charge in [-0.3, -0.25) is 4.57 Å². The predicted molar refractivity (Wildman–Crippen MR) is 132 cm³/mol. The van der Waals surface area contributed by atoms with Gasteiger partial charge < -0.3 is 10.2 Å². The summed E-state index contributed by atoms with van der Waals surface area (Å²) in [6, 6.07) is 25.8. The van der Waals surface area contributed by atoms with Crippen LogP contribution >= 0.6 is 27.7 Å². The quantitative estimate of drug-likeness (QED) is 0.126. The monoisotopic (exact) mass is 503 g/mol. The number of hydrogen-bond donors (Lipinski definition) is 2. The van der Waals surface area contributed by atoms with Gasteiger partial charge in [0.05, 0.1) is 5.71 Å². The zero-order valence-electron chi connectivity index (χ0n) is 16.8. The van der Waals surface area contributed by atoms with Crippen molar-refractivity contribution in [1.82, 2.24) is 19.7 Å². The highest BCUT2D eigenvalue weighted by atomic mass is 79.9. The van der Waals surface area contributed by atoms with Gasteiger partial charge in [0, 0.05) is 44.1 Å². The van der Waals surface area contributed by atoms with Crippen molar-refractivity contribution in [3.8, 4) is 17.1 Å². The molecule has 0 radical (unpaired) electrons. The minimum absolute atomic E-state index is 0.441. The molecular weight excluding hydrogens is 486 g/mol. The summed E-state index contributed by atoms with van der Waals surface area (Å²) < 4.78 is 3.01. The molecule has 0 aliphatic rings. The van der Waals surface area contributed by atoms with E-state index in [0.717, 1.165) is 43.2 Å². The molecule has 0 spiro atoms. The maximum Gasteiger partial charge on any atom is 0.196 e. The summed E-state index contributed by atoms with van der Waals surface area (Å²) in [6.07, 6.45) is 1.96. The molecule has 2 N–H and O–H groups in total. The summed E-state index contributed by atoms with van der Waals surface area (Å²) in [7, 11) is 0. The van der Waals surface area contributed by atoms with E-state index in [0.29, 0.717) is 11.5 Å². The molecule has 2 heterocycles. The molecule has 0 amide bonds.